The summed E-state index contributed by atoms with van der Waals surface area (Å²) >= 11 is 10.9. The first-order chi connectivity index (χ1) is 12.2. The number of aromatic amines is 1. The lowest BCUT2D eigenvalue weighted by Gasteiger charge is -2.11. The lowest BCUT2D eigenvalue weighted by atomic mass is 10.2. The zero-order chi connectivity index (χ0) is 17.6. The van der Waals surface area contributed by atoms with Crippen molar-refractivity contribution in [3.8, 4) is 11.5 Å². The summed E-state index contributed by atoms with van der Waals surface area (Å²) in [6, 6.07) is 13.1. The fourth-order valence-electron chi connectivity index (χ4n) is 2.08. The largest absolute Gasteiger partial charge is 0.493 e. The lowest BCUT2D eigenvalue weighted by Crippen LogP contribution is -1.98. The van der Waals surface area contributed by atoms with E-state index in [0.29, 0.717) is 27.9 Å². The molecule has 0 radical (unpaired) electrons. The topological polar surface area (TPSA) is 64.4 Å². The molecule has 0 fully saturated rings. The van der Waals surface area contributed by atoms with Gasteiger partial charge in [0.2, 0.25) is 4.77 Å². The van der Waals surface area contributed by atoms with Gasteiger partial charge in [0, 0.05) is 5.02 Å². The van der Waals surface area contributed by atoms with Crippen LogP contribution in [-0.2, 0) is 6.61 Å². The van der Waals surface area contributed by atoms with Crippen LogP contribution in [0.1, 0.15) is 11.1 Å². The minimum Gasteiger partial charge on any atom is -0.493 e. The number of benzene rings is 2. The highest BCUT2D eigenvalue weighted by Gasteiger charge is 2.06. The highest BCUT2D eigenvalue weighted by atomic mass is 35.5. The fourth-order valence-corrected chi connectivity index (χ4v) is 2.35. The second-order valence-corrected chi connectivity index (χ2v) is 5.90. The normalized spacial score (nSPS) is 11.0. The SMILES string of the molecule is COc1cc(/C=N/n2cn[nH]c2=S)ccc1OCc1ccc(Cl)cc1. The molecule has 3 aromatic rings. The van der Waals surface area contributed by atoms with Crippen LogP contribution in [0.4, 0.5) is 0 Å². The molecule has 0 aliphatic heterocycles. The molecule has 2 aromatic carbocycles. The van der Waals surface area contributed by atoms with Crippen molar-refractivity contribution in [1.82, 2.24) is 14.9 Å². The van der Waals surface area contributed by atoms with Crippen LogP contribution in [0.3, 0.4) is 0 Å². The van der Waals surface area contributed by atoms with E-state index in [2.05, 4.69) is 15.3 Å². The molecule has 0 aliphatic rings. The number of methoxy groups -OCH3 is 1. The van der Waals surface area contributed by atoms with E-state index in [-0.39, 0.29) is 0 Å². The third kappa shape index (κ3) is 4.46. The number of hydrogen-bond donors (Lipinski definition) is 1. The quantitative estimate of drug-likeness (QED) is 0.522. The standard InChI is InChI=1S/C17H15ClN4O2S/c1-23-16-8-13(9-20-22-11-19-21-17(22)25)4-7-15(16)24-10-12-2-5-14(18)6-3-12/h2-9,11H,10H2,1H3,(H,21,25)/b20-9+. The first kappa shape index (κ1) is 17.2. The molecule has 1 heterocycles. The van der Waals surface area contributed by atoms with E-state index in [1.807, 2.05) is 42.5 Å². The lowest BCUT2D eigenvalue weighted by molar-refractivity contribution is 0.284. The smallest absolute Gasteiger partial charge is 0.216 e. The fraction of sp³-hybridized carbons (Fsp3) is 0.118. The van der Waals surface area contributed by atoms with Crippen LogP contribution in [0.15, 0.2) is 53.9 Å². The van der Waals surface area contributed by atoms with Gasteiger partial charge in [0.25, 0.3) is 0 Å². The number of nitrogens with zero attached hydrogens (tertiary/aromatic N) is 3. The van der Waals surface area contributed by atoms with Crippen molar-refractivity contribution in [3.05, 3.63) is 69.7 Å². The third-order valence-electron chi connectivity index (χ3n) is 3.36. The molecule has 0 saturated carbocycles. The zero-order valence-corrected chi connectivity index (χ0v) is 14.9. The van der Waals surface area contributed by atoms with Crippen LogP contribution in [-0.4, -0.2) is 28.2 Å². The molecule has 25 heavy (non-hydrogen) atoms. The second kappa shape index (κ2) is 7.96. The number of halogens is 1. The van der Waals surface area contributed by atoms with Crippen molar-refractivity contribution >= 4 is 30.0 Å². The Labute approximate surface area is 154 Å². The second-order valence-electron chi connectivity index (χ2n) is 5.08. The number of ether oxygens (including phenoxy) is 2. The molecule has 0 saturated heterocycles. The Morgan fingerprint density at radius 1 is 1.24 bits per heavy atom. The first-order valence-corrected chi connectivity index (χ1v) is 8.16. The summed E-state index contributed by atoms with van der Waals surface area (Å²) in [5, 5.41) is 11.4. The highest BCUT2D eigenvalue weighted by Crippen LogP contribution is 2.28. The average molecular weight is 375 g/mol. The predicted octanol–water partition coefficient (Wildman–Crippen LogP) is 4.06. The Morgan fingerprint density at radius 2 is 2.04 bits per heavy atom. The number of H-pyrrole nitrogens is 1. The maximum Gasteiger partial charge on any atom is 0.216 e. The van der Waals surface area contributed by atoms with E-state index in [0.717, 1.165) is 11.1 Å². The Balaban J connectivity index is 1.73. The molecule has 8 heteroatoms. The molecule has 0 aliphatic carbocycles. The Morgan fingerprint density at radius 3 is 2.72 bits per heavy atom. The molecule has 0 amide bonds. The van der Waals surface area contributed by atoms with Crippen molar-refractivity contribution in [2.24, 2.45) is 5.10 Å². The molecule has 0 atom stereocenters. The summed E-state index contributed by atoms with van der Waals surface area (Å²) in [5.74, 6) is 1.27. The number of nitrogens with one attached hydrogen (secondary N) is 1. The van der Waals surface area contributed by atoms with Gasteiger partial charge < -0.3 is 9.47 Å². The molecule has 0 bridgehead atoms. The minimum absolute atomic E-state index is 0.422. The molecule has 0 spiro atoms. The van der Waals surface area contributed by atoms with Crippen LogP contribution in [0.2, 0.25) is 5.02 Å². The van der Waals surface area contributed by atoms with Gasteiger partial charge in [0.1, 0.15) is 12.9 Å². The van der Waals surface area contributed by atoms with Crippen molar-refractivity contribution in [1.29, 1.82) is 0 Å². The van der Waals surface area contributed by atoms with Crippen LogP contribution >= 0.6 is 23.8 Å². The molecule has 6 nitrogen and oxygen atoms in total. The van der Waals surface area contributed by atoms with Crippen LogP contribution in [0.5, 0.6) is 11.5 Å². The summed E-state index contributed by atoms with van der Waals surface area (Å²) in [5.41, 5.74) is 1.87. The van der Waals surface area contributed by atoms with Gasteiger partial charge in [-0.2, -0.15) is 14.9 Å². The molecule has 3 rings (SSSR count). The van der Waals surface area contributed by atoms with Gasteiger partial charge in [-0.25, -0.2) is 0 Å². The monoisotopic (exact) mass is 374 g/mol. The molecular weight excluding hydrogens is 360 g/mol. The molecule has 0 unspecified atom stereocenters. The summed E-state index contributed by atoms with van der Waals surface area (Å²) in [6.07, 6.45) is 3.16. The van der Waals surface area contributed by atoms with Gasteiger partial charge in [0.15, 0.2) is 11.5 Å². The molecular formula is C17H15ClN4O2S. The first-order valence-electron chi connectivity index (χ1n) is 7.37. The van der Waals surface area contributed by atoms with Gasteiger partial charge in [-0.15, -0.1) is 0 Å². The van der Waals surface area contributed by atoms with Gasteiger partial charge in [-0.3, -0.25) is 5.10 Å². The third-order valence-corrected chi connectivity index (χ3v) is 3.89. The highest BCUT2D eigenvalue weighted by molar-refractivity contribution is 7.71. The Hall–Kier alpha value is -2.64. The molecule has 1 aromatic heterocycles. The van der Waals surface area contributed by atoms with Gasteiger partial charge in [-0.05, 0) is 53.7 Å². The van der Waals surface area contributed by atoms with Crippen molar-refractivity contribution in [2.45, 2.75) is 6.61 Å². The summed E-state index contributed by atoms with van der Waals surface area (Å²) in [7, 11) is 1.59. The van der Waals surface area contributed by atoms with Gasteiger partial charge in [-0.1, -0.05) is 23.7 Å². The van der Waals surface area contributed by atoms with Gasteiger partial charge in [0.05, 0.1) is 13.3 Å². The molecule has 128 valence electrons. The van der Waals surface area contributed by atoms with E-state index in [1.54, 1.807) is 13.3 Å². The minimum atomic E-state index is 0.422. The van der Waals surface area contributed by atoms with Crippen molar-refractivity contribution in [2.75, 3.05) is 7.11 Å². The summed E-state index contributed by atoms with van der Waals surface area (Å²) in [6.45, 7) is 0.422. The van der Waals surface area contributed by atoms with E-state index < -0.39 is 0 Å². The number of aromatic nitrogens is 3. The van der Waals surface area contributed by atoms with Crippen molar-refractivity contribution in [3.63, 3.8) is 0 Å². The van der Waals surface area contributed by atoms with E-state index >= 15 is 0 Å². The van der Waals surface area contributed by atoms with Gasteiger partial charge >= 0.3 is 0 Å². The summed E-state index contributed by atoms with van der Waals surface area (Å²) < 4.78 is 13.1. The Kier molecular flexibility index (Phi) is 5.47. The maximum atomic E-state index is 5.88. The average Bonchev–Trinajstić information content (AvgIpc) is 3.04. The van der Waals surface area contributed by atoms with Crippen LogP contribution in [0.25, 0.3) is 0 Å². The summed E-state index contributed by atoms with van der Waals surface area (Å²) in [4.78, 5) is 0. The van der Waals surface area contributed by atoms with E-state index in [4.69, 9.17) is 33.3 Å². The Bertz CT molecular complexity index is 934. The molecule has 1 N–H and O–H groups in total. The van der Waals surface area contributed by atoms with E-state index in [9.17, 15) is 0 Å². The van der Waals surface area contributed by atoms with Crippen LogP contribution < -0.4 is 9.47 Å². The number of rotatable bonds is 6. The van der Waals surface area contributed by atoms with Crippen molar-refractivity contribution < 1.29 is 9.47 Å². The maximum absolute atomic E-state index is 5.88. The predicted molar refractivity (Wildman–Crippen MR) is 99.2 cm³/mol. The van der Waals surface area contributed by atoms with Crippen LogP contribution in [0, 0.1) is 4.77 Å². The number of hydrogen-bond acceptors (Lipinski definition) is 5. The zero-order valence-electron chi connectivity index (χ0n) is 13.3. The van der Waals surface area contributed by atoms with E-state index in [1.165, 1.54) is 11.0 Å².